The number of aliphatic hydroxyl groups excluding tert-OH is 1. The molecule has 3 heterocycles. The van der Waals surface area contributed by atoms with Gasteiger partial charge in [0.15, 0.2) is 6.73 Å². The Bertz CT molecular complexity index is 1450. The number of aliphatic hydroxyl groups is 1. The average Bonchev–Trinajstić information content (AvgIpc) is 2.93. The van der Waals surface area contributed by atoms with E-state index in [2.05, 4.69) is 20.2 Å². The molecule has 0 aliphatic carbocycles. The van der Waals surface area contributed by atoms with Crippen LogP contribution in [0, 0.1) is 0 Å². The third-order valence-corrected chi connectivity index (χ3v) is 7.16. The van der Waals surface area contributed by atoms with Gasteiger partial charge in [-0.15, -0.1) is 0 Å². The summed E-state index contributed by atoms with van der Waals surface area (Å²) in [5.74, 6) is -0.0244. The highest BCUT2D eigenvalue weighted by Gasteiger charge is 2.31. The molecule has 5 rings (SSSR count). The van der Waals surface area contributed by atoms with Gasteiger partial charge in [0.25, 0.3) is 5.91 Å². The standard InChI is InChI=1S/C28H30Cl2N6O5/c1-28(2,3)41-27(39)35-11-9-34(10-12-35)22-8-7-18(13-17(22)15-37)32-26-31-14-19-24(33-26)40-16-36(25(19)38)23-20(29)5-4-6-21(23)30/h4-8,13-14,37H,9-12,15-16H2,1-3H3,(H,31,32,33). The number of amides is 2. The van der Waals surface area contributed by atoms with E-state index >= 15 is 0 Å². The fraction of sp³-hybridized carbons (Fsp3) is 0.357. The average molecular weight is 601 g/mol. The van der Waals surface area contributed by atoms with Gasteiger partial charge in [-0.05, 0) is 51.1 Å². The molecule has 0 radical (unpaired) electrons. The number of piperazine rings is 1. The maximum absolute atomic E-state index is 13.1. The molecule has 2 aliphatic rings. The molecule has 11 nitrogen and oxygen atoms in total. The topological polar surface area (TPSA) is 120 Å². The minimum Gasteiger partial charge on any atom is -0.455 e. The Labute approximate surface area is 247 Å². The van der Waals surface area contributed by atoms with Gasteiger partial charge in [-0.1, -0.05) is 29.3 Å². The number of rotatable bonds is 5. The van der Waals surface area contributed by atoms with Crippen LogP contribution in [0.2, 0.25) is 10.0 Å². The Hall–Kier alpha value is -3.80. The van der Waals surface area contributed by atoms with Gasteiger partial charge in [0, 0.05) is 49.3 Å². The highest BCUT2D eigenvalue weighted by atomic mass is 35.5. The Kier molecular flexibility index (Phi) is 8.12. The molecule has 41 heavy (non-hydrogen) atoms. The minimum absolute atomic E-state index is 0.115. The molecule has 0 bridgehead atoms. The molecule has 3 aromatic rings. The SMILES string of the molecule is CC(C)(C)OC(=O)N1CCN(c2ccc(Nc3ncc4c(n3)OCN(c3c(Cl)cccc3Cl)C4=O)cc2CO)CC1. The normalized spacial score (nSPS) is 15.4. The van der Waals surface area contributed by atoms with Gasteiger partial charge in [0.2, 0.25) is 11.8 Å². The molecular weight excluding hydrogens is 571 g/mol. The number of halogens is 2. The second kappa shape index (κ2) is 11.6. The van der Waals surface area contributed by atoms with E-state index in [9.17, 15) is 14.7 Å². The first-order chi connectivity index (χ1) is 19.5. The molecule has 0 unspecified atom stereocenters. The Morgan fingerprint density at radius 2 is 1.83 bits per heavy atom. The maximum Gasteiger partial charge on any atom is 0.410 e. The van der Waals surface area contributed by atoms with Crippen molar-refractivity contribution in [3.05, 3.63) is 63.8 Å². The molecule has 1 saturated heterocycles. The number of carbonyl (C=O) groups is 2. The molecule has 1 fully saturated rings. The van der Waals surface area contributed by atoms with E-state index in [1.54, 1.807) is 23.1 Å². The predicted octanol–water partition coefficient (Wildman–Crippen LogP) is 5.07. The van der Waals surface area contributed by atoms with Crippen LogP contribution in [0.3, 0.4) is 0 Å². The molecule has 2 amide bonds. The van der Waals surface area contributed by atoms with Crippen LogP contribution in [0.25, 0.3) is 0 Å². The Balaban J connectivity index is 1.26. The van der Waals surface area contributed by atoms with Crippen LogP contribution in [0.1, 0.15) is 36.7 Å². The summed E-state index contributed by atoms with van der Waals surface area (Å²) < 4.78 is 11.2. The molecule has 2 aromatic carbocycles. The van der Waals surface area contributed by atoms with Gasteiger partial charge in [-0.25, -0.2) is 9.78 Å². The molecule has 1 aromatic heterocycles. The number of hydrogen-bond donors (Lipinski definition) is 2. The highest BCUT2D eigenvalue weighted by Crippen LogP contribution is 2.37. The first-order valence-corrected chi connectivity index (χ1v) is 13.8. The van der Waals surface area contributed by atoms with Gasteiger partial charge in [0.1, 0.15) is 11.2 Å². The van der Waals surface area contributed by atoms with E-state index in [0.717, 1.165) is 5.69 Å². The smallest absolute Gasteiger partial charge is 0.410 e. The molecule has 2 aliphatic heterocycles. The summed E-state index contributed by atoms with van der Waals surface area (Å²) in [5, 5.41) is 13.9. The molecule has 0 spiro atoms. The first kappa shape index (κ1) is 28.7. The van der Waals surface area contributed by atoms with Gasteiger partial charge in [-0.2, -0.15) is 4.98 Å². The zero-order chi connectivity index (χ0) is 29.3. The fourth-order valence-corrected chi connectivity index (χ4v) is 5.21. The van der Waals surface area contributed by atoms with Gasteiger partial charge >= 0.3 is 6.09 Å². The minimum atomic E-state index is -0.546. The summed E-state index contributed by atoms with van der Waals surface area (Å²) in [5.41, 5.74) is 2.22. The van der Waals surface area contributed by atoms with Crippen molar-refractivity contribution >= 4 is 58.2 Å². The number of benzene rings is 2. The lowest BCUT2D eigenvalue weighted by atomic mass is 10.1. The van der Waals surface area contributed by atoms with E-state index in [4.69, 9.17) is 32.7 Å². The second-order valence-corrected chi connectivity index (χ2v) is 11.4. The van der Waals surface area contributed by atoms with Crippen molar-refractivity contribution in [2.75, 3.05) is 48.0 Å². The number of ether oxygens (including phenoxy) is 2. The maximum atomic E-state index is 13.1. The highest BCUT2D eigenvalue weighted by molar-refractivity contribution is 6.40. The molecule has 2 N–H and O–H groups in total. The Morgan fingerprint density at radius 1 is 1.12 bits per heavy atom. The number of aromatic nitrogens is 2. The van der Waals surface area contributed by atoms with Crippen molar-refractivity contribution in [3.8, 4) is 5.88 Å². The zero-order valence-corrected chi connectivity index (χ0v) is 24.4. The van der Waals surface area contributed by atoms with Crippen molar-refractivity contribution < 1.29 is 24.2 Å². The number of carbonyl (C=O) groups excluding carboxylic acids is 2. The van der Waals surface area contributed by atoms with Crippen molar-refractivity contribution in [3.63, 3.8) is 0 Å². The quantitative estimate of drug-likeness (QED) is 0.413. The molecule has 0 atom stereocenters. The van der Waals surface area contributed by atoms with Crippen molar-refractivity contribution in [2.45, 2.75) is 33.0 Å². The lowest BCUT2D eigenvalue weighted by molar-refractivity contribution is 0.0240. The number of anilines is 4. The van der Waals surface area contributed by atoms with Crippen LogP contribution in [0.4, 0.5) is 27.8 Å². The molecule has 0 saturated carbocycles. The van der Waals surface area contributed by atoms with Gasteiger partial charge in [0.05, 0.1) is 22.3 Å². The Morgan fingerprint density at radius 3 is 2.49 bits per heavy atom. The second-order valence-electron chi connectivity index (χ2n) is 10.6. The van der Waals surface area contributed by atoms with Crippen LogP contribution < -0.4 is 19.9 Å². The monoisotopic (exact) mass is 600 g/mol. The fourth-order valence-electron chi connectivity index (χ4n) is 4.61. The number of nitrogens with one attached hydrogen (secondary N) is 1. The largest absolute Gasteiger partial charge is 0.455 e. The summed E-state index contributed by atoms with van der Waals surface area (Å²) in [4.78, 5) is 39.4. The van der Waals surface area contributed by atoms with E-state index in [1.165, 1.54) is 11.1 Å². The van der Waals surface area contributed by atoms with Crippen LogP contribution in [0.5, 0.6) is 5.88 Å². The summed E-state index contributed by atoms with van der Waals surface area (Å²) in [6.07, 6.45) is 1.06. The number of hydrogen-bond acceptors (Lipinski definition) is 9. The van der Waals surface area contributed by atoms with E-state index in [1.807, 2.05) is 39.0 Å². The first-order valence-electron chi connectivity index (χ1n) is 13.0. The van der Waals surface area contributed by atoms with E-state index < -0.39 is 5.60 Å². The van der Waals surface area contributed by atoms with Crippen molar-refractivity contribution in [1.29, 1.82) is 0 Å². The van der Waals surface area contributed by atoms with Crippen LogP contribution in [-0.4, -0.2) is 70.5 Å². The summed E-state index contributed by atoms with van der Waals surface area (Å²) >= 11 is 12.6. The summed E-state index contributed by atoms with van der Waals surface area (Å²) in [6.45, 7) is 7.48. The summed E-state index contributed by atoms with van der Waals surface area (Å²) in [7, 11) is 0. The predicted molar refractivity (Wildman–Crippen MR) is 156 cm³/mol. The summed E-state index contributed by atoms with van der Waals surface area (Å²) in [6, 6.07) is 10.5. The number of para-hydroxylation sites is 1. The number of fused-ring (bicyclic) bond motifs is 1. The van der Waals surface area contributed by atoms with Crippen LogP contribution in [0.15, 0.2) is 42.6 Å². The molecule has 13 heteroatoms. The van der Waals surface area contributed by atoms with Crippen LogP contribution in [-0.2, 0) is 11.3 Å². The van der Waals surface area contributed by atoms with Crippen LogP contribution >= 0.6 is 23.2 Å². The van der Waals surface area contributed by atoms with Gasteiger partial charge < -0.3 is 29.7 Å². The van der Waals surface area contributed by atoms with Gasteiger partial charge in [-0.3, -0.25) is 9.69 Å². The van der Waals surface area contributed by atoms with Crippen molar-refractivity contribution in [2.24, 2.45) is 0 Å². The lowest BCUT2D eigenvalue weighted by Crippen LogP contribution is -2.50. The van der Waals surface area contributed by atoms with Crippen molar-refractivity contribution in [1.82, 2.24) is 14.9 Å². The van der Waals surface area contributed by atoms with E-state index in [0.29, 0.717) is 53.2 Å². The third-order valence-electron chi connectivity index (χ3n) is 6.55. The number of nitrogens with zero attached hydrogens (tertiary/aromatic N) is 5. The third kappa shape index (κ3) is 6.27. The lowest BCUT2D eigenvalue weighted by Gasteiger charge is -2.37. The zero-order valence-electron chi connectivity index (χ0n) is 22.9. The molecular formula is C28H30Cl2N6O5. The molecule has 216 valence electrons. The van der Waals surface area contributed by atoms with E-state index in [-0.39, 0.29) is 42.7 Å².